The number of hydrogen-bond donors (Lipinski definition) is 1. The molecule has 1 aromatic rings. The molecule has 2 fully saturated rings. The summed E-state index contributed by atoms with van der Waals surface area (Å²) in [5, 5.41) is 1.35. The molecule has 0 spiro atoms. The SMILES string of the molecule is NC12C=CC3(c4ccccc4)SC3C1S2. The van der Waals surface area contributed by atoms with Gasteiger partial charge in [0.15, 0.2) is 0 Å². The van der Waals surface area contributed by atoms with Gasteiger partial charge in [-0.1, -0.05) is 42.5 Å². The molecule has 3 aliphatic rings. The lowest BCUT2D eigenvalue weighted by molar-refractivity contribution is 0.687. The zero-order chi connectivity index (χ0) is 10.1. The largest absolute Gasteiger partial charge is 0.313 e. The molecule has 4 rings (SSSR count). The summed E-state index contributed by atoms with van der Waals surface area (Å²) in [6.07, 6.45) is 4.54. The van der Waals surface area contributed by atoms with Gasteiger partial charge in [0.2, 0.25) is 0 Å². The van der Waals surface area contributed by atoms with Crippen molar-refractivity contribution in [3.8, 4) is 0 Å². The molecule has 76 valence electrons. The summed E-state index contributed by atoms with van der Waals surface area (Å²) in [5.74, 6) is 0. The molecule has 0 amide bonds. The van der Waals surface area contributed by atoms with Crippen molar-refractivity contribution in [3.05, 3.63) is 48.0 Å². The first-order valence-electron chi connectivity index (χ1n) is 5.15. The molecular formula is C12H11NS2. The van der Waals surface area contributed by atoms with E-state index in [0.29, 0.717) is 10.5 Å². The molecule has 4 atom stereocenters. The van der Waals surface area contributed by atoms with Crippen LogP contribution >= 0.6 is 23.5 Å². The van der Waals surface area contributed by atoms with Gasteiger partial charge in [0.25, 0.3) is 0 Å². The molecule has 1 aliphatic carbocycles. The summed E-state index contributed by atoms with van der Waals surface area (Å²) < 4.78 is 0.262. The van der Waals surface area contributed by atoms with Crippen LogP contribution < -0.4 is 5.73 Å². The second kappa shape index (κ2) is 2.47. The van der Waals surface area contributed by atoms with E-state index in [2.05, 4.69) is 54.2 Å². The van der Waals surface area contributed by atoms with Crippen molar-refractivity contribution in [2.24, 2.45) is 5.73 Å². The van der Waals surface area contributed by atoms with E-state index in [1.807, 2.05) is 11.8 Å². The molecule has 2 heterocycles. The highest BCUT2D eigenvalue weighted by Gasteiger charge is 2.72. The van der Waals surface area contributed by atoms with Crippen LogP contribution in [0.5, 0.6) is 0 Å². The summed E-state index contributed by atoms with van der Waals surface area (Å²) in [7, 11) is 0. The zero-order valence-electron chi connectivity index (χ0n) is 8.09. The van der Waals surface area contributed by atoms with Crippen molar-refractivity contribution < 1.29 is 0 Å². The maximum absolute atomic E-state index is 6.17. The average Bonchev–Trinajstić information content (AvgIpc) is 3.11. The highest BCUT2D eigenvalue weighted by molar-refractivity contribution is 8.14. The lowest BCUT2D eigenvalue weighted by atomic mass is 9.88. The van der Waals surface area contributed by atoms with E-state index in [1.54, 1.807) is 0 Å². The second-order valence-electron chi connectivity index (χ2n) is 4.42. The lowest BCUT2D eigenvalue weighted by Crippen LogP contribution is -2.32. The van der Waals surface area contributed by atoms with Gasteiger partial charge in [-0.05, 0) is 5.56 Å². The lowest BCUT2D eigenvalue weighted by Gasteiger charge is -2.16. The Morgan fingerprint density at radius 3 is 2.60 bits per heavy atom. The molecule has 2 N–H and O–H groups in total. The standard InChI is InChI=1S/C12H11NS2/c13-12-7-6-11(8-4-2-1-3-5-8)9(14-11)10(12)15-12/h1-7,9-10H,13H2. The molecule has 0 radical (unpaired) electrons. The van der Waals surface area contributed by atoms with Gasteiger partial charge < -0.3 is 5.73 Å². The molecule has 0 aromatic heterocycles. The van der Waals surface area contributed by atoms with Gasteiger partial charge in [-0.3, -0.25) is 0 Å². The van der Waals surface area contributed by atoms with E-state index in [-0.39, 0.29) is 9.62 Å². The Hall–Kier alpha value is -0.380. The maximum Gasteiger partial charge on any atom is 0.0943 e. The van der Waals surface area contributed by atoms with Gasteiger partial charge in [0, 0.05) is 5.25 Å². The van der Waals surface area contributed by atoms with Crippen molar-refractivity contribution in [1.82, 2.24) is 0 Å². The van der Waals surface area contributed by atoms with Crippen molar-refractivity contribution in [3.63, 3.8) is 0 Å². The summed E-state index contributed by atoms with van der Waals surface area (Å²) in [6, 6.07) is 10.8. The summed E-state index contributed by atoms with van der Waals surface area (Å²) in [4.78, 5) is -0.0214. The van der Waals surface area contributed by atoms with Crippen LogP contribution in [0.4, 0.5) is 0 Å². The Labute approximate surface area is 97.5 Å². The van der Waals surface area contributed by atoms with E-state index < -0.39 is 0 Å². The smallest absolute Gasteiger partial charge is 0.0943 e. The highest BCUT2D eigenvalue weighted by atomic mass is 32.2. The van der Waals surface area contributed by atoms with E-state index in [1.165, 1.54) is 5.56 Å². The van der Waals surface area contributed by atoms with Crippen molar-refractivity contribution >= 4 is 23.5 Å². The van der Waals surface area contributed by atoms with Crippen LogP contribution in [0, 0.1) is 0 Å². The fourth-order valence-electron chi connectivity index (χ4n) is 2.50. The fourth-order valence-corrected chi connectivity index (χ4v) is 5.54. The molecule has 0 saturated carbocycles. The Balaban J connectivity index is 1.79. The Morgan fingerprint density at radius 2 is 1.80 bits per heavy atom. The fraction of sp³-hybridized carbons (Fsp3) is 0.333. The third-order valence-corrected chi connectivity index (χ3v) is 6.79. The van der Waals surface area contributed by atoms with Gasteiger partial charge >= 0.3 is 0 Å². The predicted molar refractivity (Wildman–Crippen MR) is 66.9 cm³/mol. The topological polar surface area (TPSA) is 26.0 Å². The zero-order valence-corrected chi connectivity index (χ0v) is 9.72. The number of rotatable bonds is 1. The van der Waals surface area contributed by atoms with E-state index in [0.717, 1.165) is 0 Å². The average molecular weight is 233 g/mol. The minimum absolute atomic E-state index is 0.0214. The van der Waals surface area contributed by atoms with Gasteiger partial charge in [-0.15, -0.1) is 23.5 Å². The molecular weight excluding hydrogens is 222 g/mol. The number of benzene rings is 1. The van der Waals surface area contributed by atoms with Crippen molar-refractivity contribution in [1.29, 1.82) is 0 Å². The summed E-state index contributed by atoms with van der Waals surface area (Å²) in [5.41, 5.74) is 7.60. The predicted octanol–water partition coefficient (Wildman–Crippen LogP) is 2.34. The van der Waals surface area contributed by atoms with Crippen LogP contribution in [0.15, 0.2) is 42.5 Å². The van der Waals surface area contributed by atoms with Crippen LogP contribution in [-0.4, -0.2) is 15.4 Å². The van der Waals surface area contributed by atoms with Crippen LogP contribution in [-0.2, 0) is 4.75 Å². The van der Waals surface area contributed by atoms with Crippen LogP contribution in [0.25, 0.3) is 0 Å². The number of nitrogens with two attached hydrogens (primary N) is 1. The minimum atomic E-state index is -0.0214. The molecule has 0 bridgehead atoms. The minimum Gasteiger partial charge on any atom is -0.313 e. The second-order valence-corrected chi connectivity index (χ2v) is 7.29. The molecule has 2 aliphatic heterocycles. The van der Waals surface area contributed by atoms with Gasteiger partial charge in [0.1, 0.15) is 0 Å². The molecule has 1 aromatic carbocycles. The van der Waals surface area contributed by atoms with E-state index >= 15 is 0 Å². The Kier molecular flexibility index (Phi) is 1.44. The van der Waals surface area contributed by atoms with Crippen LogP contribution in [0.1, 0.15) is 5.56 Å². The Bertz CT molecular complexity index is 458. The van der Waals surface area contributed by atoms with Gasteiger partial charge in [-0.25, -0.2) is 0 Å². The quantitative estimate of drug-likeness (QED) is 0.595. The third-order valence-electron chi connectivity index (χ3n) is 3.50. The van der Waals surface area contributed by atoms with Crippen molar-refractivity contribution in [2.45, 2.75) is 20.1 Å². The van der Waals surface area contributed by atoms with Gasteiger partial charge in [0.05, 0.1) is 14.9 Å². The summed E-state index contributed by atoms with van der Waals surface area (Å²) >= 11 is 3.97. The Morgan fingerprint density at radius 1 is 1.00 bits per heavy atom. The summed E-state index contributed by atoms with van der Waals surface area (Å²) in [6.45, 7) is 0. The highest BCUT2D eigenvalue weighted by Crippen LogP contribution is 2.75. The van der Waals surface area contributed by atoms with Crippen LogP contribution in [0.3, 0.4) is 0 Å². The van der Waals surface area contributed by atoms with Gasteiger partial charge in [-0.2, -0.15) is 0 Å². The first-order chi connectivity index (χ1) is 7.25. The van der Waals surface area contributed by atoms with E-state index in [9.17, 15) is 0 Å². The molecule has 1 nitrogen and oxygen atoms in total. The van der Waals surface area contributed by atoms with Crippen LogP contribution in [0.2, 0.25) is 0 Å². The number of thioether (sulfide) groups is 2. The normalized spacial score (nSPS) is 49.4. The van der Waals surface area contributed by atoms with E-state index in [4.69, 9.17) is 5.73 Å². The molecule has 2 saturated heterocycles. The number of hydrogen-bond acceptors (Lipinski definition) is 3. The molecule has 4 unspecified atom stereocenters. The first-order valence-corrected chi connectivity index (χ1v) is 6.91. The molecule has 3 heteroatoms. The third kappa shape index (κ3) is 1.01. The first kappa shape index (κ1) is 8.74. The monoisotopic (exact) mass is 233 g/mol. The molecule has 15 heavy (non-hydrogen) atoms. The number of fused-ring (bicyclic) bond motifs is 3. The maximum atomic E-state index is 6.17. The van der Waals surface area contributed by atoms with Crippen molar-refractivity contribution in [2.75, 3.05) is 0 Å².